The van der Waals surface area contributed by atoms with Crippen LogP contribution < -0.4 is 5.73 Å². The minimum absolute atomic E-state index is 0. The Balaban J connectivity index is 0.00000162. The Morgan fingerprint density at radius 3 is 2.67 bits per heavy atom. The van der Waals surface area contributed by atoms with Gasteiger partial charge in [0, 0.05) is 19.1 Å². The van der Waals surface area contributed by atoms with Crippen LogP contribution in [0.15, 0.2) is 23.1 Å². The van der Waals surface area contributed by atoms with E-state index in [4.69, 9.17) is 17.3 Å². The zero-order valence-corrected chi connectivity index (χ0v) is 11.7. The second-order valence-corrected chi connectivity index (χ2v) is 6.30. The van der Waals surface area contributed by atoms with Crippen LogP contribution in [0.3, 0.4) is 0 Å². The SMILES string of the molecule is Cl.N[C@H]1CCN(S(=O)(=O)c2cc(F)ccc2Cl)C1. The lowest BCUT2D eigenvalue weighted by molar-refractivity contribution is 0.471. The molecule has 1 fully saturated rings. The van der Waals surface area contributed by atoms with E-state index in [2.05, 4.69) is 0 Å². The highest BCUT2D eigenvalue weighted by atomic mass is 35.5. The highest BCUT2D eigenvalue weighted by Gasteiger charge is 2.32. The Hall–Kier alpha value is -0.400. The molecule has 0 aromatic heterocycles. The molecule has 1 aromatic carbocycles. The number of nitrogens with zero attached hydrogens (tertiary/aromatic N) is 1. The van der Waals surface area contributed by atoms with Gasteiger partial charge < -0.3 is 5.73 Å². The predicted octanol–water partition coefficient (Wildman–Crippen LogP) is 1.62. The molecule has 4 nitrogen and oxygen atoms in total. The van der Waals surface area contributed by atoms with Crippen molar-refractivity contribution in [1.29, 1.82) is 0 Å². The van der Waals surface area contributed by atoms with E-state index in [0.717, 1.165) is 12.1 Å². The first kappa shape index (κ1) is 15.7. The molecule has 1 saturated heterocycles. The molecule has 1 heterocycles. The Labute approximate surface area is 116 Å². The fourth-order valence-corrected chi connectivity index (χ4v) is 3.78. The normalized spacial score (nSPS) is 20.7. The molecule has 102 valence electrons. The lowest BCUT2D eigenvalue weighted by Gasteiger charge is -2.16. The van der Waals surface area contributed by atoms with Crippen molar-refractivity contribution in [3.05, 3.63) is 29.0 Å². The third kappa shape index (κ3) is 2.95. The van der Waals surface area contributed by atoms with Crippen LogP contribution in [0, 0.1) is 5.82 Å². The van der Waals surface area contributed by atoms with Gasteiger partial charge in [0.2, 0.25) is 10.0 Å². The molecular formula is C10H13Cl2FN2O2S. The summed E-state index contributed by atoms with van der Waals surface area (Å²) in [6.07, 6.45) is 0.603. The summed E-state index contributed by atoms with van der Waals surface area (Å²) >= 11 is 5.79. The van der Waals surface area contributed by atoms with Crippen molar-refractivity contribution in [3.8, 4) is 0 Å². The van der Waals surface area contributed by atoms with Gasteiger partial charge in [-0.3, -0.25) is 0 Å². The van der Waals surface area contributed by atoms with Crippen molar-refractivity contribution in [3.63, 3.8) is 0 Å². The second-order valence-electron chi connectivity index (χ2n) is 3.99. The number of benzene rings is 1. The van der Waals surface area contributed by atoms with Gasteiger partial charge in [-0.2, -0.15) is 4.31 Å². The van der Waals surface area contributed by atoms with E-state index in [0.29, 0.717) is 13.0 Å². The van der Waals surface area contributed by atoms with Gasteiger partial charge in [0.25, 0.3) is 0 Å². The topological polar surface area (TPSA) is 63.4 Å². The molecule has 1 aliphatic rings. The first-order valence-corrected chi connectivity index (χ1v) is 6.94. The third-order valence-electron chi connectivity index (χ3n) is 2.70. The lowest BCUT2D eigenvalue weighted by Crippen LogP contribution is -2.32. The van der Waals surface area contributed by atoms with Crippen molar-refractivity contribution in [2.45, 2.75) is 17.4 Å². The first-order chi connectivity index (χ1) is 7.91. The van der Waals surface area contributed by atoms with Crippen molar-refractivity contribution in [1.82, 2.24) is 4.31 Å². The molecule has 0 radical (unpaired) electrons. The minimum atomic E-state index is -3.74. The minimum Gasteiger partial charge on any atom is -0.326 e. The van der Waals surface area contributed by atoms with Crippen molar-refractivity contribution in [2.75, 3.05) is 13.1 Å². The molecule has 0 amide bonds. The fraction of sp³-hybridized carbons (Fsp3) is 0.400. The summed E-state index contributed by atoms with van der Waals surface area (Å²) in [6.45, 7) is 0.589. The third-order valence-corrected chi connectivity index (χ3v) is 5.05. The van der Waals surface area contributed by atoms with E-state index in [-0.39, 0.29) is 34.9 Å². The number of hydrogen-bond acceptors (Lipinski definition) is 3. The van der Waals surface area contributed by atoms with Gasteiger partial charge in [0.15, 0.2) is 0 Å². The summed E-state index contributed by atoms with van der Waals surface area (Å²) in [7, 11) is -3.74. The summed E-state index contributed by atoms with van der Waals surface area (Å²) in [5.41, 5.74) is 5.65. The summed E-state index contributed by atoms with van der Waals surface area (Å²) < 4.78 is 38.7. The summed E-state index contributed by atoms with van der Waals surface area (Å²) in [6, 6.07) is 3.12. The molecule has 2 rings (SSSR count). The molecule has 0 spiro atoms. The zero-order valence-electron chi connectivity index (χ0n) is 9.34. The monoisotopic (exact) mass is 314 g/mol. The molecule has 0 bridgehead atoms. The summed E-state index contributed by atoms with van der Waals surface area (Å²) in [5.74, 6) is -0.628. The summed E-state index contributed by atoms with van der Waals surface area (Å²) in [4.78, 5) is -0.201. The number of halogens is 3. The van der Waals surface area contributed by atoms with Gasteiger partial charge in [-0.15, -0.1) is 12.4 Å². The molecule has 1 aromatic rings. The van der Waals surface area contributed by atoms with Crippen molar-refractivity contribution >= 4 is 34.0 Å². The molecule has 18 heavy (non-hydrogen) atoms. The van der Waals surface area contributed by atoms with E-state index in [1.54, 1.807) is 0 Å². The molecule has 8 heteroatoms. The molecular weight excluding hydrogens is 302 g/mol. The maximum atomic E-state index is 13.1. The highest BCUT2D eigenvalue weighted by molar-refractivity contribution is 7.89. The Morgan fingerprint density at radius 2 is 2.11 bits per heavy atom. The van der Waals surface area contributed by atoms with Crippen molar-refractivity contribution < 1.29 is 12.8 Å². The summed E-state index contributed by atoms with van der Waals surface area (Å²) in [5, 5.41) is 0.0203. The van der Waals surface area contributed by atoms with Crippen LogP contribution >= 0.6 is 24.0 Å². The van der Waals surface area contributed by atoms with Crippen LogP contribution in [0.5, 0.6) is 0 Å². The first-order valence-electron chi connectivity index (χ1n) is 5.12. The Bertz CT molecular complexity index is 539. The largest absolute Gasteiger partial charge is 0.326 e. The van der Waals surface area contributed by atoms with Crippen LogP contribution in [-0.4, -0.2) is 31.9 Å². The smallest absolute Gasteiger partial charge is 0.244 e. The van der Waals surface area contributed by atoms with Crippen LogP contribution in [0.1, 0.15) is 6.42 Å². The predicted molar refractivity (Wildman–Crippen MR) is 70.0 cm³/mol. The van der Waals surface area contributed by atoms with E-state index in [1.807, 2.05) is 0 Å². The van der Waals surface area contributed by atoms with E-state index < -0.39 is 15.8 Å². The van der Waals surface area contributed by atoms with Crippen LogP contribution in [0.2, 0.25) is 5.02 Å². The van der Waals surface area contributed by atoms with Gasteiger partial charge >= 0.3 is 0 Å². The molecule has 0 aliphatic carbocycles. The number of nitrogens with two attached hydrogens (primary N) is 1. The zero-order chi connectivity index (χ0) is 12.6. The van der Waals surface area contributed by atoms with Gasteiger partial charge in [-0.25, -0.2) is 12.8 Å². The van der Waals surface area contributed by atoms with Gasteiger partial charge in [0.1, 0.15) is 10.7 Å². The van der Waals surface area contributed by atoms with Crippen LogP contribution in [0.25, 0.3) is 0 Å². The van der Waals surface area contributed by atoms with Crippen LogP contribution in [0.4, 0.5) is 4.39 Å². The van der Waals surface area contributed by atoms with E-state index in [1.165, 1.54) is 10.4 Å². The van der Waals surface area contributed by atoms with E-state index in [9.17, 15) is 12.8 Å². The van der Waals surface area contributed by atoms with E-state index >= 15 is 0 Å². The standard InChI is InChI=1S/C10H12ClFN2O2S.ClH/c11-9-2-1-7(12)5-10(9)17(15,16)14-4-3-8(13)6-14;/h1-2,5,8H,3-4,6,13H2;1H/t8-;/m0./s1. The van der Waals surface area contributed by atoms with Gasteiger partial charge in [0.05, 0.1) is 5.02 Å². The average Bonchev–Trinajstić information content (AvgIpc) is 2.69. The Kier molecular flexibility index (Phi) is 4.97. The average molecular weight is 315 g/mol. The molecule has 0 unspecified atom stereocenters. The van der Waals surface area contributed by atoms with Crippen LogP contribution in [-0.2, 0) is 10.0 Å². The molecule has 1 aliphatic heterocycles. The number of rotatable bonds is 2. The molecule has 0 saturated carbocycles. The van der Waals surface area contributed by atoms with Gasteiger partial charge in [-0.05, 0) is 24.6 Å². The number of hydrogen-bond donors (Lipinski definition) is 1. The maximum absolute atomic E-state index is 13.1. The maximum Gasteiger partial charge on any atom is 0.244 e. The molecule has 1 atom stereocenters. The Morgan fingerprint density at radius 1 is 1.44 bits per heavy atom. The van der Waals surface area contributed by atoms with Crippen molar-refractivity contribution in [2.24, 2.45) is 5.73 Å². The highest BCUT2D eigenvalue weighted by Crippen LogP contribution is 2.27. The quantitative estimate of drug-likeness (QED) is 0.902. The number of sulfonamides is 1. The second kappa shape index (κ2) is 5.71. The lowest BCUT2D eigenvalue weighted by atomic mass is 10.3. The fourth-order valence-electron chi connectivity index (χ4n) is 1.79. The molecule has 2 N–H and O–H groups in total. The van der Waals surface area contributed by atoms with Gasteiger partial charge in [-0.1, -0.05) is 11.6 Å².